The van der Waals surface area contributed by atoms with E-state index in [1.807, 2.05) is 4.98 Å². The highest BCUT2D eigenvalue weighted by Crippen LogP contribution is 2.24. The van der Waals surface area contributed by atoms with Crippen molar-refractivity contribution in [2.75, 3.05) is 6.61 Å². The van der Waals surface area contributed by atoms with Crippen LogP contribution in [0.1, 0.15) is 20.7 Å². The quantitative estimate of drug-likeness (QED) is 0.325. The molecule has 3 atom stereocenters. The van der Waals surface area contributed by atoms with Gasteiger partial charge in [-0.3, -0.25) is 9.78 Å². The number of nitrogens with one attached hydrogen (secondary N) is 1. The average molecular weight is 383 g/mol. The number of aromatic nitrogens is 4. The predicted molar refractivity (Wildman–Crippen MR) is 95.6 cm³/mol. The van der Waals surface area contributed by atoms with Gasteiger partial charge in [0.2, 0.25) is 0 Å². The number of fused-ring (bicyclic) bond motifs is 2. The summed E-state index contributed by atoms with van der Waals surface area (Å²) >= 11 is 0. The molecule has 5 N–H and O–H groups in total. The largest absolute Gasteiger partial charge is 0.394 e. The second-order valence-electron chi connectivity index (χ2n) is 5.87. The van der Waals surface area contributed by atoms with Crippen LogP contribution < -0.4 is 11.2 Å². The fourth-order valence-corrected chi connectivity index (χ4v) is 2.61. The smallest absolute Gasteiger partial charge is 0.349 e. The van der Waals surface area contributed by atoms with E-state index in [2.05, 4.69) is 9.97 Å². The van der Waals surface area contributed by atoms with Crippen LogP contribution in [0.25, 0.3) is 22.6 Å². The second kappa shape index (κ2) is 7.16. The molecule has 0 bridgehead atoms. The predicted octanol–water partition coefficient (Wildman–Crippen LogP) is -1.72. The molecular formula is C17H20N4O6. The summed E-state index contributed by atoms with van der Waals surface area (Å²) in [7, 11) is 0. The Morgan fingerprint density at radius 3 is 2.63 bits per heavy atom. The van der Waals surface area contributed by atoms with Gasteiger partial charge in [0.05, 0.1) is 25.6 Å². The van der Waals surface area contributed by atoms with Crippen LogP contribution in [0.15, 0.2) is 21.7 Å². The lowest BCUT2D eigenvalue weighted by Crippen LogP contribution is -2.42. The first-order valence-electron chi connectivity index (χ1n) is 11.2. The van der Waals surface area contributed by atoms with Crippen molar-refractivity contribution in [1.29, 1.82) is 0 Å². The van der Waals surface area contributed by atoms with Gasteiger partial charge in [0.15, 0.2) is 11.5 Å². The fraction of sp³-hybridized carbons (Fsp3) is 0.412. The average Bonchev–Trinajstić information content (AvgIpc) is 2.71. The summed E-state index contributed by atoms with van der Waals surface area (Å²) < 4.78 is 55.7. The van der Waals surface area contributed by atoms with Gasteiger partial charge in [0.25, 0.3) is 5.56 Å². The minimum absolute atomic E-state index is 0.279. The summed E-state index contributed by atoms with van der Waals surface area (Å²) in [4.78, 5) is 33.7. The molecule has 0 aliphatic carbocycles. The van der Waals surface area contributed by atoms with Crippen LogP contribution >= 0.6 is 0 Å². The Morgan fingerprint density at radius 1 is 1.22 bits per heavy atom. The lowest BCUT2D eigenvalue weighted by Gasteiger charge is -2.25. The Morgan fingerprint density at radius 2 is 1.96 bits per heavy atom. The maximum atomic E-state index is 12.4. The van der Waals surface area contributed by atoms with Crippen molar-refractivity contribution in [2.45, 2.75) is 38.6 Å². The van der Waals surface area contributed by atoms with Crippen LogP contribution in [0.2, 0.25) is 0 Å². The molecule has 0 radical (unpaired) electrons. The van der Waals surface area contributed by atoms with E-state index < -0.39 is 90.6 Å². The molecule has 1 aromatic carbocycles. The molecular weight excluding hydrogens is 356 g/mol. The van der Waals surface area contributed by atoms with Gasteiger partial charge in [-0.15, -0.1) is 0 Å². The van der Waals surface area contributed by atoms with E-state index in [0.717, 1.165) is 10.6 Å². The molecule has 0 saturated heterocycles. The van der Waals surface area contributed by atoms with Gasteiger partial charge >= 0.3 is 5.69 Å². The van der Waals surface area contributed by atoms with Crippen molar-refractivity contribution in [1.82, 2.24) is 19.5 Å². The van der Waals surface area contributed by atoms with Gasteiger partial charge in [0, 0.05) is 8.22 Å². The third-order valence-corrected chi connectivity index (χ3v) is 4.01. The van der Waals surface area contributed by atoms with Gasteiger partial charge in [-0.25, -0.2) is 9.78 Å². The molecule has 0 amide bonds. The number of hydrogen-bond acceptors (Lipinski definition) is 8. The van der Waals surface area contributed by atoms with E-state index in [4.69, 9.17) is 14.7 Å². The van der Waals surface area contributed by atoms with E-state index in [0.29, 0.717) is 0 Å². The minimum atomic E-state index is -3.04. The molecule has 10 heteroatoms. The van der Waals surface area contributed by atoms with Crippen molar-refractivity contribution in [2.24, 2.45) is 0 Å². The van der Waals surface area contributed by atoms with E-state index >= 15 is 0 Å². The van der Waals surface area contributed by atoms with Crippen LogP contribution in [0, 0.1) is 13.7 Å². The third kappa shape index (κ3) is 3.47. The highest BCUT2D eigenvalue weighted by atomic mass is 16.4. The lowest BCUT2D eigenvalue weighted by molar-refractivity contribution is -0.0802. The van der Waals surface area contributed by atoms with E-state index in [1.165, 1.54) is 0 Å². The second-order valence-corrected chi connectivity index (χ2v) is 5.87. The molecule has 0 spiro atoms. The summed E-state index contributed by atoms with van der Waals surface area (Å²) in [6.45, 7) is -7.67. The maximum absolute atomic E-state index is 12.4. The molecule has 3 rings (SSSR count). The molecule has 1 aromatic rings. The van der Waals surface area contributed by atoms with Gasteiger partial charge in [-0.1, -0.05) is 0 Å². The number of H-pyrrole nitrogens is 1. The molecule has 0 aromatic heterocycles. The zero-order chi connectivity index (χ0) is 25.7. The Labute approximate surface area is 162 Å². The zero-order valence-electron chi connectivity index (χ0n) is 20.7. The molecule has 0 saturated carbocycles. The maximum Gasteiger partial charge on any atom is 0.349 e. The van der Waals surface area contributed by atoms with Crippen molar-refractivity contribution >= 4 is 11.0 Å². The molecule has 27 heavy (non-hydrogen) atoms. The number of hydrogen-bond donors (Lipinski definition) is 5. The SMILES string of the molecule is [2H]c1c(C([2H])([2H])[2H])c(C([2H])([2H])[2H])cc2c1nc1c(=O)[nH]c(=O)nc-1n2C[C@H](O)[C@H](O)[C@H](O)CO. The summed E-state index contributed by atoms with van der Waals surface area (Å²) in [5.41, 5.74) is -4.95. The number of benzene rings is 1. The van der Waals surface area contributed by atoms with Crippen molar-refractivity contribution in [3.8, 4) is 11.5 Å². The normalized spacial score (nSPS) is 19.9. The molecule has 10 nitrogen and oxygen atoms in total. The standard InChI is InChI=1S/C17H20N4O6/c1-7-3-9-10(4-8(7)2)21(5-11(23)14(25)12(24)6-22)15-13(18-9)16(26)20-17(27)19-15/h3-4,11-12,14,22-25H,5-6H2,1-2H3,(H,20,26,27)/t11-,12+,14-/m0/s1/i1D3,2D3,3D. The first-order chi connectivity index (χ1) is 15.6. The molecule has 2 aliphatic heterocycles. The molecule has 0 unspecified atom stereocenters. The number of aromatic amines is 1. The van der Waals surface area contributed by atoms with Crippen LogP contribution in [0.4, 0.5) is 0 Å². The van der Waals surface area contributed by atoms with E-state index in [-0.39, 0.29) is 5.52 Å². The van der Waals surface area contributed by atoms with Crippen LogP contribution in [0.5, 0.6) is 0 Å². The number of rotatable bonds is 5. The van der Waals surface area contributed by atoms with Crippen LogP contribution in [0.3, 0.4) is 0 Å². The van der Waals surface area contributed by atoms with Gasteiger partial charge in [-0.2, -0.15) is 4.98 Å². The van der Waals surface area contributed by atoms with E-state index in [9.17, 15) is 24.9 Å². The Bertz CT molecular complexity index is 1320. The van der Waals surface area contributed by atoms with Crippen LogP contribution in [-0.2, 0) is 6.54 Å². The van der Waals surface area contributed by atoms with Crippen LogP contribution in [-0.4, -0.2) is 64.9 Å². The number of nitrogens with zero attached hydrogens (tertiary/aromatic N) is 3. The summed E-state index contributed by atoms with van der Waals surface area (Å²) in [5, 5.41) is 39.1. The number of aryl methyl sites for hydroxylation is 1. The van der Waals surface area contributed by atoms with Gasteiger partial charge in [0.1, 0.15) is 18.3 Å². The number of aliphatic hydroxyl groups excluding tert-OH is 4. The third-order valence-electron chi connectivity index (χ3n) is 4.01. The lowest BCUT2D eigenvalue weighted by atomic mass is 10.1. The number of aliphatic hydroxyl groups is 4. The summed E-state index contributed by atoms with van der Waals surface area (Å²) in [6.07, 6.45) is -5.53. The Kier molecular flexibility index (Phi) is 3.16. The topological polar surface area (TPSA) is 162 Å². The van der Waals surface area contributed by atoms with E-state index in [1.54, 1.807) is 0 Å². The first kappa shape index (κ1) is 11.9. The summed E-state index contributed by atoms with van der Waals surface area (Å²) in [6, 6.07) is 0.0546. The highest BCUT2D eigenvalue weighted by molar-refractivity contribution is 5.81. The Balaban J connectivity index is 2.49. The Hall–Kier alpha value is -2.66. The first-order valence-corrected chi connectivity index (χ1v) is 7.72. The van der Waals surface area contributed by atoms with Gasteiger partial charge < -0.3 is 25.0 Å². The molecule has 2 aliphatic rings. The van der Waals surface area contributed by atoms with Gasteiger partial charge in [-0.05, 0) is 36.9 Å². The zero-order valence-corrected chi connectivity index (χ0v) is 13.7. The minimum Gasteiger partial charge on any atom is -0.394 e. The van der Waals surface area contributed by atoms with Crippen molar-refractivity contribution in [3.63, 3.8) is 0 Å². The fourth-order valence-electron chi connectivity index (χ4n) is 2.61. The van der Waals surface area contributed by atoms with Crippen molar-refractivity contribution < 1.29 is 30.0 Å². The molecule has 0 fully saturated rings. The van der Waals surface area contributed by atoms with Crippen molar-refractivity contribution in [3.05, 3.63) is 44.1 Å². The monoisotopic (exact) mass is 383 g/mol. The summed E-state index contributed by atoms with van der Waals surface area (Å²) in [5.74, 6) is -0.455. The molecule has 2 heterocycles. The highest BCUT2D eigenvalue weighted by Gasteiger charge is 2.27. The molecule has 144 valence electrons.